The van der Waals surface area contributed by atoms with Crippen LogP contribution in [0.25, 0.3) is 0 Å². The number of Topliss-reactive ketones (excluding diaryl/α,β-unsaturated/α-hetero) is 1. The van der Waals surface area contributed by atoms with E-state index in [2.05, 4.69) is 19.8 Å². The van der Waals surface area contributed by atoms with Gasteiger partial charge in [-0.15, -0.1) is 0 Å². The number of benzene rings is 1. The number of carbonyl (C=O) groups is 2. The van der Waals surface area contributed by atoms with E-state index in [0.717, 1.165) is 44.6 Å². The largest absolute Gasteiger partial charge is 0.416 e. The molecule has 5 rings (SSSR count). The summed E-state index contributed by atoms with van der Waals surface area (Å²) in [5.41, 5.74) is 1.18. The molecule has 3 aliphatic heterocycles. The smallest absolute Gasteiger partial charge is 0.368 e. The Hall–Kier alpha value is -2.92. The van der Waals surface area contributed by atoms with Crippen LogP contribution in [0.3, 0.4) is 0 Å². The monoisotopic (exact) mass is 504 g/mol. The van der Waals surface area contributed by atoms with Crippen molar-refractivity contribution in [3.05, 3.63) is 47.3 Å². The molecule has 4 heterocycles. The Morgan fingerprint density at radius 1 is 1.03 bits per heavy atom. The Kier molecular flexibility index (Phi) is 6.78. The number of hydrogen-bond donors (Lipinski definition) is 0. The summed E-state index contributed by atoms with van der Waals surface area (Å²) in [7, 11) is 0. The number of nitrogens with zero attached hydrogens (tertiary/aromatic N) is 6. The molecule has 11 heteroatoms. The number of carbonyl (C=O) groups excluding carboxylic acids is 2. The van der Waals surface area contributed by atoms with Crippen molar-refractivity contribution >= 4 is 17.5 Å². The number of ketones is 1. The van der Waals surface area contributed by atoms with Gasteiger partial charge in [-0.05, 0) is 43.1 Å². The molecule has 1 amide bonds. The zero-order valence-corrected chi connectivity index (χ0v) is 20.4. The lowest BCUT2D eigenvalue weighted by atomic mass is 10.0. The number of fused-ring (bicyclic) bond motifs is 1. The fraction of sp³-hybridized carbons (Fsp3) is 0.560. The van der Waals surface area contributed by atoms with Crippen LogP contribution in [0.15, 0.2) is 30.5 Å². The number of aromatic nitrogens is 2. The molecule has 0 radical (unpaired) electrons. The summed E-state index contributed by atoms with van der Waals surface area (Å²) in [4.78, 5) is 32.7. The summed E-state index contributed by atoms with van der Waals surface area (Å²) in [5, 5.41) is 4.05. The number of alkyl halides is 3. The van der Waals surface area contributed by atoms with E-state index >= 15 is 0 Å². The third-order valence-corrected chi connectivity index (χ3v) is 7.52. The topological polar surface area (TPSA) is 64.9 Å². The van der Waals surface area contributed by atoms with Gasteiger partial charge in [0.1, 0.15) is 5.69 Å². The first-order valence-electron chi connectivity index (χ1n) is 12.5. The van der Waals surface area contributed by atoms with Gasteiger partial charge in [0.15, 0.2) is 5.78 Å². The molecule has 0 unspecified atom stereocenters. The molecule has 3 saturated heterocycles. The zero-order chi connectivity index (χ0) is 25.4. The summed E-state index contributed by atoms with van der Waals surface area (Å²) < 4.78 is 41.8. The first kappa shape index (κ1) is 24.8. The highest BCUT2D eigenvalue weighted by atomic mass is 19.4. The van der Waals surface area contributed by atoms with Crippen molar-refractivity contribution in [1.29, 1.82) is 0 Å². The van der Waals surface area contributed by atoms with Crippen LogP contribution in [-0.2, 0) is 12.7 Å². The highest BCUT2D eigenvalue weighted by Crippen LogP contribution is 2.35. The minimum absolute atomic E-state index is 0.201. The van der Waals surface area contributed by atoms with Gasteiger partial charge in [-0.1, -0.05) is 6.07 Å². The first-order valence-corrected chi connectivity index (χ1v) is 12.5. The maximum absolute atomic E-state index is 13.5. The van der Waals surface area contributed by atoms with Crippen molar-refractivity contribution in [2.75, 3.05) is 57.3 Å². The average Bonchev–Trinajstić information content (AvgIpc) is 3.53. The third-order valence-electron chi connectivity index (χ3n) is 7.52. The zero-order valence-electron chi connectivity index (χ0n) is 20.4. The molecule has 2 aromatic rings. The highest BCUT2D eigenvalue weighted by Gasteiger charge is 2.35. The molecule has 0 N–H and O–H groups in total. The van der Waals surface area contributed by atoms with Crippen molar-refractivity contribution in [2.45, 2.75) is 38.5 Å². The van der Waals surface area contributed by atoms with Crippen molar-refractivity contribution in [1.82, 2.24) is 24.5 Å². The Bertz CT molecular complexity index is 1130. The lowest BCUT2D eigenvalue weighted by Crippen LogP contribution is -2.51. The Labute approximate surface area is 208 Å². The second kappa shape index (κ2) is 9.85. The van der Waals surface area contributed by atoms with Crippen LogP contribution in [0, 0.1) is 0 Å². The molecule has 0 bridgehead atoms. The highest BCUT2D eigenvalue weighted by molar-refractivity contribution is 5.92. The molecule has 1 atom stereocenters. The Balaban J connectivity index is 1.27. The van der Waals surface area contributed by atoms with Gasteiger partial charge in [0, 0.05) is 77.2 Å². The predicted molar refractivity (Wildman–Crippen MR) is 128 cm³/mol. The minimum Gasteiger partial charge on any atom is -0.368 e. The van der Waals surface area contributed by atoms with E-state index in [1.807, 2.05) is 0 Å². The van der Waals surface area contributed by atoms with Crippen LogP contribution in [0.1, 0.15) is 41.4 Å². The van der Waals surface area contributed by atoms with E-state index in [9.17, 15) is 22.8 Å². The van der Waals surface area contributed by atoms with Gasteiger partial charge in [-0.3, -0.25) is 14.6 Å². The molecule has 1 aromatic heterocycles. The molecule has 3 fully saturated rings. The van der Waals surface area contributed by atoms with Gasteiger partial charge in [0.25, 0.3) is 0 Å². The van der Waals surface area contributed by atoms with Crippen LogP contribution in [0.2, 0.25) is 0 Å². The summed E-state index contributed by atoms with van der Waals surface area (Å²) in [5.74, 6) is -0.201. The standard InChI is InChI=1S/C25H31F3N6O2/c1-18(35)22-6-8-34(29-22)24(36)32-11-9-30(10-12-32)16-19-4-5-20(25(26,27)28)15-23(19)33-14-13-31-7-2-3-21(31)17-33/h4-6,8,15,21H,2-3,7,9-14,16-17H2,1H3/t21-/m0/s1. The number of anilines is 1. The summed E-state index contributed by atoms with van der Waals surface area (Å²) >= 11 is 0. The number of hydrogen-bond acceptors (Lipinski definition) is 6. The van der Waals surface area contributed by atoms with Gasteiger partial charge in [0.05, 0.1) is 5.56 Å². The SMILES string of the molecule is CC(=O)c1ccn(C(=O)N2CCN(Cc3ccc(C(F)(F)F)cc3N3CCN4CCC[C@H]4C3)CC2)n1. The molecule has 36 heavy (non-hydrogen) atoms. The molecule has 3 aliphatic rings. The third kappa shape index (κ3) is 5.12. The number of amides is 1. The molecule has 0 spiro atoms. The van der Waals surface area contributed by atoms with E-state index in [1.54, 1.807) is 11.0 Å². The molecular weight excluding hydrogens is 473 g/mol. The van der Waals surface area contributed by atoms with E-state index < -0.39 is 11.7 Å². The van der Waals surface area contributed by atoms with Crippen LogP contribution >= 0.6 is 0 Å². The van der Waals surface area contributed by atoms with Gasteiger partial charge >= 0.3 is 12.2 Å². The van der Waals surface area contributed by atoms with Gasteiger partial charge in [0.2, 0.25) is 0 Å². The second-order valence-electron chi connectivity index (χ2n) is 9.87. The quantitative estimate of drug-likeness (QED) is 0.596. The maximum Gasteiger partial charge on any atom is 0.416 e. The first-order chi connectivity index (χ1) is 17.2. The van der Waals surface area contributed by atoms with Crippen molar-refractivity contribution in [3.8, 4) is 0 Å². The van der Waals surface area contributed by atoms with Crippen molar-refractivity contribution < 1.29 is 22.8 Å². The Morgan fingerprint density at radius 3 is 2.50 bits per heavy atom. The van der Waals surface area contributed by atoms with E-state index in [1.165, 1.54) is 36.0 Å². The normalized spacial score (nSPS) is 21.6. The summed E-state index contributed by atoms with van der Waals surface area (Å²) in [6.07, 6.45) is -0.663. The number of halogens is 3. The van der Waals surface area contributed by atoms with Gasteiger partial charge in [-0.2, -0.15) is 23.0 Å². The Morgan fingerprint density at radius 2 is 1.81 bits per heavy atom. The number of rotatable bonds is 4. The maximum atomic E-state index is 13.5. The lowest BCUT2D eigenvalue weighted by molar-refractivity contribution is -0.137. The average molecular weight is 505 g/mol. The molecule has 0 saturated carbocycles. The number of piperazine rings is 2. The molecule has 8 nitrogen and oxygen atoms in total. The molecule has 0 aliphatic carbocycles. The summed E-state index contributed by atoms with van der Waals surface area (Å²) in [6, 6.07) is 5.74. The fourth-order valence-corrected chi connectivity index (χ4v) is 5.48. The molecular formula is C25H31F3N6O2. The van der Waals surface area contributed by atoms with Crippen LogP contribution in [0.5, 0.6) is 0 Å². The molecule has 1 aromatic carbocycles. The predicted octanol–water partition coefficient (Wildman–Crippen LogP) is 3.17. The summed E-state index contributed by atoms with van der Waals surface area (Å²) in [6.45, 7) is 7.51. The van der Waals surface area contributed by atoms with Crippen molar-refractivity contribution in [3.63, 3.8) is 0 Å². The van der Waals surface area contributed by atoms with Gasteiger partial charge in [-0.25, -0.2) is 4.79 Å². The van der Waals surface area contributed by atoms with E-state index in [4.69, 9.17) is 0 Å². The second-order valence-corrected chi connectivity index (χ2v) is 9.87. The fourth-order valence-electron chi connectivity index (χ4n) is 5.48. The van der Waals surface area contributed by atoms with Gasteiger partial charge < -0.3 is 9.80 Å². The van der Waals surface area contributed by atoms with E-state index in [-0.39, 0.29) is 17.5 Å². The van der Waals surface area contributed by atoms with Crippen LogP contribution in [-0.4, -0.2) is 94.7 Å². The molecule has 194 valence electrons. The van der Waals surface area contributed by atoms with Crippen molar-refractivity contribution in [2.24, 2.45) is 0 Å². The van der Waals surface area contributed by atoms with Crippen LogP contribution < -0.4 is 4.90 Å². The van der Waals surface area contributed by atoms with Crippen LogP contribution in [0.4, 0.5) is 23.7 Å². The lowest BCUT2D eigenvalue weighted by Gasteiger charge is -2.40. The minimum atomic E-state index is -4.39. The van der Waals surface area contributed by atoms with E-state index in [0.29, 0.717) is 44.5 Å².